The van der Waals surface area contributed by atoms with Gasteiger partial charge in [-0.15, -0.1) is 0 Å². The number of hydrogen-bond donors (Lipinski definition) is 1. The highest BCUT2D eigenvalue weighted by atomic mass is 19.1. The lowest BCUT2D eigenvalue weighted by atomic mass is 10.0. The summed E-state index contributed by atoms with van der Waals surface area (Å²) in [5.74, 6) is -0.257. The summed E-state index contributed by atoms with van der Waals surface area (Å²) in [4.78, 5) is 0. The molecule has 0 aliphatic carbocycles. The fraction of sp³-hybridized carbons (Fsp3) is 0.455. The molecule has 0 saturated carbocycles. The van der Waals surface area contributed by atoms with Crippen LogP contribution < -0.4 is 5.73 Å². The molecule has 1 aromatic rings. The standard InChI is InChI=1S/C11H16FNO/c1-3-10(13)11(14-2)8-5-4-6-9(12)7-8/h4-7,10-11H,3,13H2,1-2H3. The van der Waals surface area contributed by atoms with Gasteiger partial charge >= 0.3 is 0 Å². The van der Waals surface area contributed by atoms with Crippen LogP contribution in [0.1, 0.15) is 25.0 Å². The van der Waals surface area contributed by atoms with Crippen LogP contribution in [0.2, 0.25) is 0 Å². The molecule has 0 aromatic heterocycles. The zero-order valence-corrected chi connectivity index (χ0v) is 8.53. The fourth-order valence-electron chi connectivity index (χ4n) is 1.46. The summed E-state index contributed by atoms with van der Waals surface area (Å²) < 4.78 is 18.2. The highest BCUT2D eigenvalue weighted by Crippen LogP contribution is 2.21. The first-order chi connectivity index (χ1) is 6.69. The van der Waals surface area contributed by atoms with E-state index in [2.05, 4.69) is 0 Å². The van der Waals surface area contributed by atoms with Crippen molar-refractivity contribution in [3.8, 4) is 0 Å². The molecule has 0 amide bonds. The normalized spacial score (nSPS) is 15.1. The van der Waals surface area contributed by atoms with E-state index in [0.29, 0.717) is 0 Å². The summed E-state index contributed by atoms with van der Waals surface area (Å²) in [5.41, 5.74) is 6.66. The van der Waals surface area contributed by atoms with Crippen LogP contribution in [0.4, 0.5) is 4.39 Å². The first kappa shape index (κ1) is 11.1. The maximum absolute atomic E-state index is 12.9. The van der Waals surface area contributed by atoms with E-state index in [-0.39, 0.29) is 18.0 Å². The molecule has 0 spiro atoms. The Labute approximate surface area is 83.9 Å². The molecule has 0 heterocycles. The quantitative estimate of drug-likeness (QED) is 0.803. The van der Waals surface area contributed by atoms with Crippen molar-refractivity contribution in [3.63, 3.8) is 0 Å². The van der Waals surface area contributed by atoms with E-state index in [1.165, 1.54) is 12.1 Å². The Morgan fingerprint density at radius 3 is 2.71 bits per heavy atom. The number of benzene rings is 1. The van der Waals surface area contributed by atoms with E-state index in [0.717, 1.165) is 12.0 Å². The van der Waals surface area contributed by atoms with E-state index >= 15 is 0 Å². The predicted molar refractivity (Wildman–Crippen MR) is 54.4 cm³/mol. The molecule has 0 radical (unpaired) electrons. The minimum absolute atomic E-state index is 0.0956. The molecule has 1 aromatic carbocycles. The Balaban J connectivity index is 2.89. The Morgan fingerprint density at radius 2 is 2.21 bits per heavy atom. The van der Waals surface area contributed by atoms with Gasteiger partial charge in [-0.05, 0) is 24.1 Å². The number of halogens is 1. The molecule has 0 fully saturated rings. The first-order valence-electron chi connectivity index (χ1n) is 4.72. The van der Waals surface area contributed by atoms with Gasteiger partial charge in [-0.25, -0.2) is 4.39 Å². The Morgan fingerprint density at radius 1 is 1.50 bits per heavy atom. The van der Waals surface area contributed by atoms with Crippen molar-refractivity contribution < 1.29 is 9.13 Å². The summed E-state index contributed by atoms with van der Waals surface area (Å²) in [6.07, 6.45) is 0.574. The molecular formula is C11H16FNO. The van der Waals surface area contributed by atoms with Crippen LogP contribution >= 0.6 is 0 Å². The maximum Gasteiger partial charge on any atom is 0.123 e. The number of ether oxygens (including phenoxy) is 1. The van der Waals surface area contributed by atoms with Gasteiger partial charge in [0.25, 0.3) is 0 Å². The molecule has 2 atom stereocenters. The van der Waals surface area contributed by atoms with Crippen molar-refractivity contribution in [3.05, 3.63) is 35.6 Å². The van der Waals surface area contributed by atoms with E-state index in [1.54, 1.807) is 13.2 Å². The largest absolute Gasteiger partial charge is 0.375 e. The van der Waals surface area contributed by atoms with Gasteiger partial charge in [0.15, 0.2) is 0 Å². The predicted octanol–water partition coefficient (Wildman–Crippen LogP) is 2.25. The van der Waals surface area contributed by atoms with Crippen LogP contribution in [-0.4, -0.2) is 13.2 Å². The van der Waals surface area contributed by atoms with E-state index in [9.17, 15) is 4.39 Å². The minimum Gasteiger partial charge on any atom is -0.375 e. The van der Waals surface area contributed by atoms with Crippen LogP contribution in [0.5, 0.6) is 0 Å². The SMILES string of the molecule is CCC(N)C(OC)c1cccc(F)c1. The molecule has 0 aliphatic heterocycles. The summed E-state index contributed by atoms with van der Waals surface area (Å²) in [7, 11) is 1.59. The maximum atomic E-state index is 12.9. The summed E-state index contributed by atoms with van der Waals surface area (Å²) in [5, 5.41) is 0. The molecule has 2 N–H and O–H groups in total. The van der Waals surface area contributed by atoms with Crippen LogP contribution in [-0.2, 0) is 4.74 Å². The molecular weight excluding hydrogens is 181 g/mol. The Bertz CT molecular complexity index is 290. The van der Waals surface area contributed by atoms with Crippen molar-refractivity contribution in [2.45, 2.75) is 25.5 Å². The third-order valence-corrected chi connectivity index (χ3v) is 2.29. The molecule has 2 nitrogen and oxygen atoms in total. The Kier molecular flexibility index (Phi) is 4.04. The summed E-state index contributed by atoms with van der Waals surface area (Å²) >= 11 is 0. The zero-order valence-electron chi connectivity index (χ0n) is 8.53. The van der Waals surface area contributed by atoms with Crippen molar-refractivity contribution in [1.82, 2.24) is 0 Å². The smallest absolute Gasteiger partial charge is 0.123 e. The molecule has 0 saturated heterocycles. The van der Waals surface area contributed by atoms with Crippen molar-refractivity contribution in [2.24, 2.45) is 5.73 Å². The van der Waals surface area contributed by atoms with E-state index in [4.69, 9.17) is 10.5 Å². The first-order valence-corrected chi connectivity index (χ1v) is 4.72. The monoisotopic (exact) mass is 197 g/mol. The lowest BCUT2D eigenvalue weighted by molar-refractivity contribution is 0.0789. The van der Waals surface area contributed by atoms with Gasteiger partial charge in [0.2, 0.25) is 0 Å². The average Bonchev–Trinajstić information content (AvgIpc) is 2.19. The molecule has 0 bridgehead atoms. The zero-order chi connectivity index (χ0) is 10.6. The topological polar surface area (TPSA) is 35.2 Å². The molecule has 3 heteroatoms. The van der Waals surface area contributed by atoms with E-state index < -0.39 is 0 Å². The van der Waals surface area contributed by atoms with Crippen molar-refractivity contribution >= 4 is 0 Å². The van der Waals surface area contributed by atoms with Crippen LogP contribution in [0, 0.1) is 5.82 Å². The van der Waals surface area contributed by atoms with Crippen molar-refractivity contribution in [1.29, 1.82) is 0 Å². The molecule has 78 valence electrons. The van der Waals surface area contributed by atoms with Gasteiger partial charge in [0.05, 0.1) is 6.10 Å². The molecule has 14 heavy (non-hydrogen) atoms. The molecule has 0 aliphatic rings. The second-order valence-corrected chi connectivity index (χ2v) is 3.28. The van der Waals surface area contributed by atoms with Gasteiger partial charge in [0, 0.05) is 13.2 Å². The van der Waals surface area contributed by atoms with Gasteiger partial charge < -0.3 is 10.5 Å². The third-order valence-electron chi connectivity index (χ3n) is 2.29. The Hall–Kier alpha value is -0.930. The highest BCUT2D eigenvalue weighted by molar-refractivity contribution is 5.20. The number of methoxy groups -OCH3 is 1. The van der Waals surface area contributed by atoms with Crippen molar-refractivity contribution in [2.75, 3.05) is 7.11 Å². The van der Waals surface area contributed by atoms with Crippen LogP contribution in [0.15, 0.2) is 24.3 Å². The minimum atomic E-state index is -0.257. The van der Waals surface area contributed by atoms with Gasteiger partial charge in [-0.2, -0.15) is 0 Å². The van der Waals surface area contributed by atoms with Gasteiger partial charge in [-0.3, -0.25) is 0 Å². The number of hydrogen-bond acceptors (Lipinski definition) is 2. The highest BCUT2D eigenvalue weighted by Gasteiger charge is 2.17. The second-order valence-electron chi connectivity index (χ2n) is 3.28. The molecule has 1 rings (SSSR count). The molecule has 2 unspecified atom stereocenters. The number of nitrogens with two attached hydrogens (primary N) is 1. The average molecular weight is 197 g/mol. The summed E-state index contributed by atoms with van der Waals surface area (Å²) in [6.45, 7) is 1.98. The van der Waals surface area contributed by atoms with E-state index in [1.807, 2.05) is 13.0 Å². The van der Waals surface area contributed by atoms with Crippen LogP contribution in [0.3, 0.4) is 0 Å². The lowest BCUT2D eigenvalue weighted by Gasteiger charge is -2.21. The number of rotatable bonds is 4. The lowest BCUT2D eigenvalue weighted by Crippen LogP contribution is -2.28. The van der Waals surface area contributed by atoms with Gasteiger partial charge in [0.1, 0.15) is 5.82 Å². The fourth-order valence-corrected chi connectivity index (χ4v) is 1.46. The second kappa shape index (κ2) is 5.08. The summed E-state index contributed by atoms with van der Waals surface area (Å²) in [6, 6.07) is 6.27. The van der Waals surface area contributed by atoms with Gasteiger partial charge in [-0.1, -0.05) is 19.1 Å². The van der Waals surface area contributed by atoms with Crippen LogP contribution in [0.25, 0.3) is 0 Å². The third kappa shape index (κ3) is 2.53.